The summed E-state index contributed by atoms with van der Waals surface area (Å²) in [5.74, 6) is -4.52. The minimum absolute atomic E-state index is 0.0341. The highest BCUT2D eigenvalue weighted by molar-refractivity contribution is 6.31. The van der Waals surface area contributed by atoms with Gasteiger partial charge in [-0.1, -0.05) is 18.2 Å². The Morgan fingerprint density at radius 1 is 0.981 bits per heavy atom. The second-order valence-corrected chi connectivity index (χ2v) is 13.0. The first kappa shape index (κ1) is 36.9. The number of carbonyl (C=O) groups is 4. The Bertz CT molecular complexity index is 1950. The monoisotopic (exact) mass is 721 g/mol. The molecule has 1 aliphatic heterocycles. The predicted octanol–water partition coefficient (Wildman–Crippen LogP) is 2.02. The summed E-state index contributed by atoms with van der Waals surface area (Å²) in [6.45, 7) is 0.881. The summed E-state index contributed by atoms with van der Waals surface area (Å²) in [5, 5.41) is 45.7. The van der Waals surface area contributed by atoms with Crippen molar-refractivity contribution in [3.63, 3.8) is 0 Å². The number of phenolic OH excluding ortho intramolecular Hbond substituents is 2. The molecular weight excluding hydrogens is 682 g/mol. The van der Waals surface area contributed by atoms with Crippen LogP contribution in [-0.2, 0) is 36.8 Å². The maximum Gasteiger partial charge on any atom is 0.338 e. The van der Waals surface area contributed by atoms with Crippen LogP contribution in [0.5, 0.6) is 23.0 Å². The molecule has 3 aromatic carbocycles. The fraction of sp³-hybridized carbons (Fsp3) is 0.405. The molecule has 0 bridgehead atoms. The largest absolute Gasteiger partial charge is 0.507 e. The molecule has 3 aromatic rings. The maximum atomic E-state index is 13.9. The number of aromatic hydroxyl groups is 2. The van der Waals surface area contributed by atoms with Crippen molar-refractivity contribution < 1.29 is 68.0 Å². The Hall–Kier alpha value is -4.90. The number of esters is 1. The number of rotatable bonds is 10. The van der Waals surface area contributed by atoms with E-state index in [-0.39, 0.29) is 46.6 Å². The quantitative estimate of drug-likeness (QED) is 0.117. The number of hydrogen-bond donors (Lipinski definition) is 5. The van der Waals surface area contributed by atoms with Gasteiger partial charge in [0, 0.05) is 54.7 Å². The van der Waals surface area contributed by atoms with E-state index in [1.807, 2.05) is 0 Å². The van der Waals surface area contributed by atoms with Crippen LogP contribution < -0.4 is 15.2 Å². The number of methoxy groups -OCH3 is 3. The van der Waals surface area contributed by atoms with Crippen LogP contribution in [0.4, 0.5) is 0 Å². The van der Waals surface area contributed by atoms with Crippen LogP contribution >= 0.6 is 0 Å². The standard InChI is InChI=1S/C37H39NO14/c1-16-31(40)21(38)11-26(51-16)52-24-13-37(46,25(39)15-50-36(45)17-8-9-18(14-47-2)23(10-17)49-4)12-20-28(24)35(44)30-29(33(20)42)32(41)19-6-5-7-22(48-3)27(19)34(30)43/h5-10,16,21,24,26,31,40,42,44,46H,11-15,38H2,1-4H3/t16-,21-,24-,26-,31+,37-/m0/s1. The van der Waals surface area contributed by atoms with E-state index in [9.17, 15) is 39.6 Å². The summed E-state index contributed by atoms with van der Waals surface area (Å²) >= 11 is 0. The number of Topliss-reactive ketones (excluding diaryl/α,β-unsaturated/α-hetero) is 1. The Labute approximate surface area is 297 Å². The predicted molar refractivity (Wildman–Crippen MR) is 179 cm³/mol. The molecule has 52 heavy (non-hydrogen) atoms. The van der Waals surface area contributed by atoms with Crippen LogP contribution in [0.3, 0.4) is 0 Å². The molecule has 3 aliphatic rings. The van der Waals surface area contributed by atoms with Gasteiger partial charge in [0.2, 0.25) is 11.6 Å². The highest BCUT2D eigenvalue weighted by Crippen LogP contribution is 2.52. The van der Waals surface area contributed by atoms with Crippen molar-refractivity contribution in [2.75, 3.05) is 27.9 Å². The van der Waals surface area contributed by atoms with Gasteiger partial charge in [-0.3, -0.25) is 14.4 Å². The summed E-state index contributed by atoms with van der Waals surface area (Å²) in [6, 6.07) is 8.03. The fourth-order valence-corrected chi connectivity index (χ4v) is 7.10. The van der Waals surface area contributed by atoms with Gasteiger partial charge in [-0.25, -0.2) is 4.79 Å². The zero-order valence-corrected chi connectivity index (χ0v) is 28.8. The highest BCUT2D eigenvalue weighted by Gasteiger charge is 2.50. The molecule has 6 atom stereocenters. The molecule has 15 nitrogen and oxygen atoms in total. The van der Waals surface area contributed by atoms with Crippen molar-refractivity contribution in [1.82, 2.24) is 0 Å². The van der Waals surface area contributed by atoms with E-state index in [0.717, 1.165) is 0 Å². The van der Waals surface area contributed by atoms with Crippen molar-refractivity contribution in [1.29, 1.82) is 0 Å². The van der Waals surface area contributed by atoms with E-state index in [1.54, 1.807) is 13.0 Å². The van der Waals surface area contributed by atoms with Gasteiger partial charge in [0.25, 0.3) is 0 Å². The maximum absolute atomic E-state index is 13.9. The van der Waals surface area contributed by atoms with Gasteiger partial charge in [0.05, 0.1) is 61.4 Å². The number of aliphatic hydroxyl groups excluding tert-OH is 1. The van der Waals surface area contributed by atoms with Crippen LogP contribution in [0.1, 0.15) is 84.8 Å². The molecule has 0 aromatic heterocycles. The first-order valence-corrected chi connectivity index (χ1v) is 16.4. The molecular formula is C37H39NO14. The molecule has 2 aliphatic carbocycles. The Morgan fingerprint density at radius 3 is 2.37 bits per heavy atom. The molecule has 1 saturated heterocycles. The number of benzene rings is 3. The van der Waals surface area contributed by atoms with Gasteiger partial charge in [-0.05, 0) is 25.1 Å². The topological polar surface area (TPSA) is 231 Å². The molecule has 0 saturated carbocycles. The SMILES string of the molecule is COCc1ccc(C(=O)OCC(=O)[C@]2(O)Cc3c(O)c4c(c(O)c3[C@@H](O[C@H]3C[C@H](N)[C@H](O)[C@H](C)O3)C2)C(=O)c2c(OC)cccc2C4=O)cc1OC. The molecule has 0 amide bonds. The lowest BCUT2D eigenvalue weighted by molar-refractivity contribution is -0.247. The van der Waals surface area contributed by atoms with E-state index < -0.39 is 102 Å². The van der Waals surface area contributed by atoms with Gasteiger partial charge in [0.15, 0.2) is 18.7 Å². The molecule has 1 heterocycles. The highest BCUT2D eigenvalue weighted by atomic mass is 16.7. The third-order valence-corrected chi connectivity index (χ3v) is 9.82. The average molecular weight is 722 g/mol. The molecule has 6 N–H and O–H groups in total. The molecule has 6 rings (SSSR count). The fourth-order valence-electron chi connectivity index (χ4n) is 7.10. The average Bonchev–Trinajstić information content (AvgIpc) is 3.12. The first-order chi connectivity index (χ1) is 24.7. The van der Waals surface area contributed by atoms with E-state index in [4.69, 9.17) is 34.2 Å². The molecule has 15 heteroatoms. The summed E-state index contributed by atoms with van der Waals surface area (Å²) < 4.78 is 33.1. The number of fused-ring (bicyclic) bond motifs is 3. The number of ether oxygens (including phenoxy) is 6. The Kier molecular flexibility index (Phi) is 10.1. The van der Waals surface area contributed by atoms with Gasteiger partial charge in [-0.15, -0.1) is 0 Å². The first-order valence-electron chi connectivity index (χ1n) is 16.4. The van der Waals surface area contributed by atoms with E-state index in [2.05, 4.69) is 0 Å². The summed E-state index contributed by atoms with van der Waals surface area (Å²) in [5.41, 5.74) is 2.81. The van der Waals surface area contributed by atoms with E-state index in [1.165, 1.54) is 51.7 Å². The van der Waals surface area contributed by atoms with Crippen molar-refractivity contribution >= 4 is 23.3 Å². The van der Waals surface area contributed by atoms with Crippen molar-refractivity contribution in [2.45, 2.75) is 69.0 Å². The summed E-state index contributed by atoms with van der Waals surface area (Å²) in [7, 11) is 4.23. The normalized spacial score (nSPS) is 25.1. The molecule has 0 unspecified atom stereocenters. The number of aliphatic hydroxyl groups is 2. The number of phenols is 2. The molecule has 0 spiro atoms. The Balaban J connectivity index is 1.37. The molecule has 0 radical (unpaired) electrons. The van der Waals surface area contributed by atoms with E-state index >= 15 is 0 Å². The van der Waals surface area contributed by atoms with Crippen LogP contribution in [-0.4, -0.2) is 102 Å². The minimum Gasteiger partial charge on any atom is -0.507 e. The zero-order valence-electron chi connectivity index (χ0n) is 28.8. The van der Waals surface area contributed by atoms with Crippen molar-refractivity contribution in [2.24, 2.45) is 5.73 Å². The zero-order chi connectivity index (χ0) is 37.6. The lowest BCUT2D eigenvalue weighted by Gasteiger charge is -2.42. The second kappa shape index (κ2) is 14.3. The number of nitrogens with two attached hydrogens (primary N) is 1. The number of ketones is 3. The van der Waals surface area contributed by atoms with Crippen molar-refractivity contribution in [3.8, 4) is 23.0 Å². The van der Waals surface area contributed by atoms with Crippen LogP contribution in [0.2, 0.25) is 0 Å². The smallest absolute Gasteiger partial charge is 0.338 e. The lowest BCUT2D eigenvalue weighted by Crippen LogP contribution is -2.53. The minimum atomic E-state index is -2.39. The van der Waals surface area contributed by atoms with Gasteiger partial charge >= 0.3 is 5.97 Å². The van der Waals surface area contributed by atoms with Crippen LogP contribution in [0, 0.1) is 0 Å². The van der Waals surface area contributed by atoms with Crippen LogP contribution in [0.15, 0.2) is 36.4 Å². The van der Waals surface area contributed by atoms with Crippen LogP contribution in [0.25, 0.3) is 0 Å². The van der Waals surface area contributed by atoms with Gasteiger partial charge in [-0.2, -0.15) is 0 Å². The number of carbonyl (C=O) groups excluding carboxylic acids is 4. The number of hydrogen-bond acceptors (Lipinski definition) is 15. The van der Waals surface area contributed by atoms with Gasteiger partial charge < -0.3 is 54.6 Å². The Morgan fingerprint density at radius 2 is 1.69 bits per heavy atom. The lowest BCUT2D eigenvalue weighted by atomic mass is 9.72. The van der Waals surface area contributed by atoms with E-state index in [0.29, 0.717) is 11.3 Å². The molecule has 276 valence electrons. The van der Waals surface area contributed by atoms with Gasteiger partial charge in [0.1, 0.15) is 28.6 Å². The summed E-state index contributed by atoms with van der Waals surface area (Å²) in [6.07, 6.45) is -5.63. The third kappa shape index (κ3) is 6.29. The second-order valence-electron chi connectivity index (χ2n) is 13.0. The third-order valence-electron chi connectivity index (χ3n) is 9.82. The van der Waals surface area contributed by atoms with Crippen molar-refractivity contribution in [3.05, 3.63) is 80.9 Å². The molecule has 1 fully saturated rings. The summed E-state index contributed by atoms with van der Waals surface area (Å²) in [4.78, 5) is 54.5.